The van der Waals surface area contributed by atoms with E-state index in [0.29, 0.717) is 29.6 Å². The Morgan fingerprint density at radius 2 is 1.54 bits per heavy atom. The van der Waals surface area contributed by atoms with Crippen LogP contribution in [0.3, 0.4) is 0 Å². The number of fused-ring (bicyclic) bond motifs is 5. The summed E-state index contributed by atoms with van der Waals surface area (Å²) in [4.78, 5) is 0. The van der Waals surface area contributed by atoms with E-state index in [2.05, 4.69) is 13.8 Å². The average molecular weight is 337 g/mol. The van der Waals surface area contributed by atoms with Gasteiger partial charge >= 0.3 is 0 Å². The van der Waals surface area contributed by atoms with Crippen LogP contribution in [0, 0.1) is 40.4 Å². The molecule has 4 fully saturated rings. The van der Waals surface area contributed by atoms with Gasteiger partial charge in [-0.15, -0.1) is 0 Å². The van der Waals surface area contributed by atoms with Crippen LogP contribution in [-0.4, -0.2) is 33.6 Å². The first-order valence-electron chi connectivity index (χ1n) is 10.3. The molecule has 0 amide bonds. The molecule has 0 aromatic carbocycles. The van der Waals surface area contributed by atoms with E-state index >= 15 is 0 Å². The van der Waals surface area contributed by atoms with Crippen LogP contribution in [0.15, 0.2) is 0 Å². The van der Waals surface area contributed by atoms with E-state index in [0.717, 1.165) is 32.1 Å². The van der Waals surface area contributed by atoms with Crippen molar-refractivity contribution in [3.8, 4) is 0 Å². The first-order valence-corrected chi connectivity index (χ1v) is 10.3. The molecule has 0 heterocycles. The molecule has 138 valence electrons. The number of rotatable bonds is 1. The molecular weight excluding hydrogens is 300 g/mol. The van der Waals surface area contributed by atoms with E-state index in [1.54, 1.807) is 0 Å². The van der Waals surface area contributed by atoms with E-state index in [-0.39, 0.29) is 29.1 Å². The van der Waals surface area contributed by atoms with Gasteiger partial charge in [-0.2, -0.15) is 0 Å². The summed E-state index contributed by atoms with van der Waals surface area (Å²) in [6.07, 6.45) is 7.86. The van der Waals surface area contributed by atoms with Crippen molar-refractivity contribution in [1.82, 2.24) is 0 Å². The van der Waals surface area contributed by atoms with E-state index in [1.807, 2.05) is 6.92 Å². The van der Waals surface area contributed by atoms with E-state index in [4.69, 9.17) is 0 Å². The summed E-state index contributed by atoms with van der Waals surface area (Å²) in [6, 6.07) is 0. The molecule has 4 saturated carbocycles. The zero-order chi connectivity index (χ0) is 17.3. The fourth-order valence-electron chi connectivity index (χ4n) is 8.23. The van der Waals surface area contributed by atoms with Crippen LogP contribution in [-0.2, 0) is 0 Å². The second-order valence-corrected chi connectivity index (χ2v) is 10.2. The minimum Gasteiger partial charge on any atom is -0.393 e. The molecule has 0 aromatic heterocycles. The Balaban J connectivity index is 1.66. The summed E-state index contributed by atoms with van der Waals surface area (Å²) in [5, 5.41) is 31.6. The van der Waals surface area contributed by atoms with Gasteiger partial charge in [0.25, 0.3) is 0 Å². The Hall–Kier alpha value is -0.120. The predicted molar refractivity (Wildman–Crippen MR) is 94.3 cm³/mol. The molecule has 0 aliphatic heterocycles. The maximum Gasteiger partial charge on any atom is 0.0576 e. The quantitative estimate of drug-likeness (QED) is 0.688. The van der Waals surface area contributed by atoms with Crippen molar-refractivity contribution in [2.45, 2.75) is 90.4 Å². The topological polar surface area (TPSA) is 60.7 Å². The molecule has 4 rings (SSSR count). The molecule has 0 spiro atoms. The molecule has 4 aliphatic rings. The lowest BCUT2D eigenvalue weighted by atomic mass is 9.44. The monoisotopic (exact) mass is 336 g/mol. The van der Waals surface area contributed by atoms with Crippen molar-refractivity contribution in [3.63, 3.8) is 0 Å². The van der Waals surface area contributed by atoms with Gasteiger partial charge in [-0.3, -0.25) is 0 Å². The van der Waals surface area contributed by atoms with Gasteiger partial charge in [0.2, 0.25) is 0 Å². The van der Waals surface area contributed by atoms with Crippen molar-refractivity contribution >= 4 is 0 Å². The lowest BCUT2D eigenvalue weighted by Crippen LogP contribution is -2.58. The normalized spacial score (nSPS) is 58.5. The lowest BCUT2D eigenvalue weighted by Gasteiger charge is -2.62. The number of aliphatic hydroxyl groups is 3. The summed E-state index contributed by atoms with van der Waals surface area (Å²) < 4.78 is 0. The standard InChI is InChI=1S/C21H36O3/c1-12(22)15-6-7-16-14-10-19(24)18-5-4-13(23)11-21(18,3)17(14)8-9-20(15,16)2/h12-19,22-24H,4-11H2,1-3H3. The molecule has 10 unspecified atom stereocenters. The van der Waals surface area contributed by atoms with Crippen molar-refractivity contribution in [2.75, 3.05) is 0 Å². The minimum atomic E-state index is -0.218. The van der Waals surface area contributed by atoms with Crippen LogP contribution in [0.1, 0.15) is 72.1 Å². The highest BCUT2D eigenvalue weighted by Crippen LogP contribution is 2.67. The van der Waals surface area contributed by atoms with E-state index in [1.165, 1.54) is 19.3 Å². The van der Waals surface area contributed by atoms with Gasteiger partial charge in [0.05, 0.1) is 18.3 Å². The van der Waals surface area contributed by atoms with Gasteiger partial charge < -0.3 is 15.3 Å². The second-order valence-electron chi connectivity index (χ2n) is 10.2. The summed E-state index contributed by atoms with van der Waals surface area (Å²) in [5.41, 5.74) is 0.343. The maximum atomic E-state index is 10.9. The zero-order valence-corrected chi connectivity index (χ0v) is 15.6. The van der Waals surface area contributed by atoms with Gasteiger partial charge in [-0.1, -0.05) is 13.8 Å². The third kappa shape index (κ3) is 2.27. The maximum absolute atomic E-state index is 10.9. The SMILES string of the molecule is CC(O)C1CCC2C3CC(O)C4CCC(O)CC4(C)C3CCC12C. The van der Waals surface area contributed by atoms with Crippen LogP contribution in [0.2, 0.25) is 0 Å². The van der Waals surface area contributed by atoms with Crippen molar-refractivity contribution in [3.05, 3.63) is 0 Å². The molecule has 4 aliphatic carbocycles. The molecule has 0 radical (unpaired) electrons. The van der Waals surface area contributed by atoms with Crippen LogP contribution in [0.4, 0.5) is 0 Å². The number of aliphatic hydroxyl groups excluding tert-OH is 3. The molecule has 3 N–H and O–H groups in total. The van der Waals surface area contributed by atoms with Crippen LogP contribution in [0.25, 0.3) is 0 Å². The Morgan fingerprint density at radius 3 is 2.25 bits per heavy atom. The molecule has 0 saturated heterocycles. The third-order valence-electron chi connectivity index (χ3n) is 9.25. The molecule has 3 heteroatoms. The van der Waals surface area contributed by atoms with Gasteiger partial charge in [0, 0.05) is 0 Å². The van der Waals surface area contributed by atoms with Gasteiger partial charge in [0.1, 0.15) is 0 Å². The zero-order valence-electron chi connectivity index (χ0n) is 15.6. The van der Waals surface area contributed by atoms with Crippen molar-refractivity contribution in [2.24, 2.45) is 40.4 Å². The van der Waals surface area contributed by atoms with Crippen molar-refractivity contribution in [1.29, 1.82) is 0 Å². The highest BCUT2D eigenvalue weighted by Gasteiger charge is 2.62. The molecule has 10 atom stereocenters. The molecule has 0 aromatic rings. The molecule has 3 nitrogen and oxygen atoms in total. The Labute approximate surface area is 146 Å². The predicted octanol–water partition coefficient (Wildman–Crippen LogP) is 3.36. The smallest absolute Gasteiger partial charge is 0.0576 e. The number of hydrogen-bond donors (Lipinski definition) is 3. The fraction of sp³-hybridized carbons (Fsp3) is 1.00. The van der Waals surface area contributed by atoms with E-state index < -0.39 is 0 Å². The highest BCUT2D eigenvalue weighted by molar-refractivity contribution is 5.11. The van der Waals surface area contributed by atoms with Crippen molar-refractivity contribution < 1.29 is 15.3 Å². The first kappa shape index (κ1) is 17.3. The molecule has 24 heavy (non-hydrogen) atoms. The lowest BCUT2D eigenvalue weighted by molar-refractivity contribution is -0.175. The summed E-state index contributed by atoms with van der Waals surface area (Å²) in [7, 11) is 0. The summed E-state index contributed by atoms with van der Waals surface area (Å²) in [5.74, 6) is 2.66. The van der Waals surface area contributed by atoms with Crippen LogP contribution < -0.4 is 0 Å². The second kappa shape index (κ2) is 5.69. The fourth-order valence-corrected chi connectivity index (χ4v) is 8.23. The van der Waals surface area contributed by atoms with Gasteiger partial charge in [0.15, 0.2) is 0 Å². The van der Waals surface area contributed by atoms with Crippen LogP contribution in [0.5, 0.6) is 0 Å². The highest BCUT2D eigenvalue weighted by atomic mass is 16.3. The summed E-state index contributed by atoms with van der Waals surface area (Å²) >= 11 is 0. The average Bonchev–Trinajstić information content (AvgIpc) is 2.84. The number of hydrogen-bond acceptors (Lipinski definition) is 3. The Morgan fingerprint density at radius 1 is 0.875 bits per heavy atom. The van der Waals surface area contributed by atoms with Crippen LogP contribution >= 0.6 is 0 Å². The minimum absolute atomic E-state index is 0.101. The van der Waals surface area contributed by atoms with Gasteiger partial charge in [-0.25, -0.2) is 0 Å². The summed E-state index contributed by atoms with van der Waals surface area (Å²) in [6.45, 7) is 6.74. The van der Waals surface area contributed by atoms with E-state index in [9.17, 15) is 15.3 Å². The first-order chi connectivity index (χ1) is 11.3. The Kier molecular flexibility index (Phi) is 4.10. The molecular formula is C21H36O3. The largest absolute Gasteiger partial charge is 0.393 e. The Bertz CT molecular complexity index is 491. The molecule has 0 bridgehead atoms. The third-order valence-corrected chi connectivity index (χ3v) is 9.25. The van der Waals surface area contributed by atoms with Gasteiger partial charge in [-0.05, 0) is 98.7 Å².